The summed E-state index contributed by atoms with van der Waals surface area (Å²) in [5.41, 5.74) is 1.58. The molecule has 0 aliphatic rings. The molecule has 0 saturated carbocycles. The maximum atomic E-state index is 12.3. The fraction of sp³-hybridized carbons (Fsp3) is 0.133. The first-order chi connectivity index (χ1) is 10.9. The van der Waals surface area contributed by atoms with Crippen molar-refractivity contribution in [2.24, 2.45) is 0 Å². The molecular formula is C15H13ClN2O3S2. The Balaban J connectivity index is 1.75. The van der Waals surface area contributed by atoms with E-state index in [9.17, 15) is 8.42 Å². The summed E-state index contributed by atoms with van der Waals surface area (Å²) < 4.78 is 32.7. The molecule has 0 unspecified atom stereocenters. The molecule has 0 atom stereocenters. The molecule has 3 aromatic rings. The van der Waals surface area contributed by atoms with E-state index in [2.05, 4.69) is 9.88 Å². The van der Waals surface area contributed by atoms with E-state index >= 15 is 0 Å². The van der Waals surface area contributed by atoms with E-state index in [1.807, 2.05) is 6.92 Å². The first kappa shape index (κ1) is 16.2. The molecule has 0 saturated heterocycles. The fourth-order valence-electron chi connectivity index (χ4n) is 1.93. The zero-order valence-electron chi connectivity index (χ0n) is 12.1. The second kappa shape index (κ2) is 6.45. The predicted octanol–water partition coefficient (Wildman–Crippen LogP) is 3.84. The Hall–Kier alpha value is -1.67. The number of aromatic nitrogens is 1. The van der Waals surface area contributed by atoms with Crippen molar-refractivity contribution in [3.8, 4) is 10.6 Å². The van der Waals surface area contributed by atoms with Gasteiger partial charge in [-0.1, -0.05) is 28.9 Å². The highest BCUT2D eigenvalue weighted by atomic mass is 35.5. The maximum absolute atomic E-state index is 12.3. The molecule has 3 rings (SSSR count). The summed E-state index contributed by atoms with van der Waals surface area (Å²) >= 11 is 6.95. The van der Waals surface area contributed by atoms with Gasteiger partial charge in [0.1, 0.15) is 4.21 Å². The van der Waals surface area contributed by atoms with Gasteiger partial charge in [-0.25, -0.2) is 13.1 Å². The summed E-state index contributed by atoms with van der Waals surface area (Å²) in [6, 6.07) is 12.0. The molecular weight excluding hydrogens is 356 g/mol. The lowest BCUT2D eigenvalue weighted by Gasteiger charge is -2.04. The normalized spacial score (nSPS) is 11.7. The number of thiophene rings is 1. The number of benzene rings is 1. The summed E-state index contributed by atoms with van der Waals surface area (Å²) in [6.07, 6.45) is 0. The third kappa shape index (κ3) is 3.81. The number of rotatable bonds is 5. The molecule has 0 aliphatic heterocycles. The Kier molecular flexibility index (Phi) is 4.54. The highest BCUT2D eigenvalue weighted by Gasteiger charge is 2.18. The van der Waals surface area contributed by atoms with Crippen molar-refractivity contribution < 1.29 is 12.9 Å². The molecule has 0 bridgehead atoms. The molecule has 0 spiro atoms. The molecule has 0 aliphatic carbocycles. The molecule has 2 heterocycles. The van der Waals surface area contributed by atoms with Crippen LogP contribution in [-0.2, 0) is 16.6 Å². The van der Waals surface area contributed by atoms with Crippen molar-refractivity contribution >= 4 is 33.0 Å². The summed E-state index contributed by atoms with van der Waals surface area (Å²) in [6.45, 7) is 2.01. The van der Waals surface area contributed by atoms with Crippen LogP contribution in [-0.4, -0.2) is 13.6 Å². The van der Waals surface area contributed by atoms with E-state index in [-0.39, 0.29) is 10.8 Å². The molecule has 23 heavy (non-hydrogen) atoms. The molecule has 2 aromatic heterocycles. The third-order valence-electron chi connectivity index (χ3n) is 3.10. The van der Waals surface area contributed by atoms with E-state index in [1.165, 1.54) is 0 Å². The van der Waals surface area contributed by atoms with Crippen LogP contribution in [0.3, 0.4) is 0 Å². The van der Waals surface area contributed by atoms with E-state index < -0.39 is 10.0 Å². The topological polar surface area (TPSA) is 72.2 Å². The van der Waals surface area contributed by atoms with Gasteiger partial charge in [-0.3, -0.25) is 0 Å². The van der Waals surface area contributed by atoms with Crippen LogP contribution in [0.5, 0.6) is 0 Å². The first-order valence-corrected chi connectivity index (χ1v) is 9.39. The first-order valence-electron chi connectivity index (χ1n) is 6.72. The minimum Gasteiger partial charge on any atom is -0.355 e. The van der Waals surface area contributed by atoms with Gasteiger partial charge >= 0.3 is 0 Å². The standard InChI is InChI=1S/C15H13ClN2O3S2/c1-10-8-13(21-18-10)14-6-7-15(22-14)23(19,20)17-9-11-2-4-12(16)5-3-11/h2-8,17H,9H2,1H3. The molecule has 0 amide bonds. The minimum atomic E-state index is -3.58. The highest BCUT2D eigenvalue weighted by Crippen LogP contribution is 2.31. The van der Waals surface area contributed by atoms with Gasteiger partial charge in [0.2, 0.25) is 10.0 Å². The second-order valence-corrected chi connectivity index (χ2v) is 8.42. The summed E-state index contributed by atoms with van der Waals surface area (Å²) in [5.74, 6) is 0.562. The van der Waals surface area contributed by atoms with Crippen LogP contribution < -0.4 is 4.72 Å². The van der Waals surface area contributed by atoms with E-state index in [4.69, 9.17) is 16.1 Å². The van der Waals surface area contributed by atoms with Crippen LogP contribution >= 0.6 is 22.9 Å². The lowest BCUT2D eigenvalue weighted by Crippen LogP contribution is -2.22. The Morgan fingerprint density at radius 3 is 2.61 bits per heavy atom. The molecule has 1 aromatic carbocycles. The quantitative estimate of drug-likeness (QED) is 0.742. The van der Waals surface area contributed by atoms with Gasteiger partial charge in [-0.05, 0) is 36.8 Å². The number of nitrogens with zero attached hydrogens (tertiary/aromatic N) is 1. The number of sulfonamides is 1. The van der Waals surface area contributed by atoms with Gasteiger partial charge in [-0.15, -0.1) is 11.3 Å². The van der Waals surface area contributed by atoms with Gasteiger partial charge in [0.25, 0.3) is 0 Å². The van der Waals surface area contributed by atoms with Gasteiger partial charge in [0.15, 0.2) is 5.76 Å². The van der Waals surface area contributed by atoms with Crippen molar-refractivity contribution in [3.05, 3.63) is 58.7 Å². The number of hydrogen-bond acceptors (Lipinski definition) is 5. The maximum Gasteiger partial charge on any atom is 0.250 e. The van der Waals surface area contributed by atoms with Crippen LogP contribution in [0.25, 0.3) is 10.6 Å². The Morgan fingerprint density at radius 2 is 1.96 bits per heavy atom. The van der Waals surface area contributed by atoms with Gasteiger partial charge in [-0.2, -0.15) is 0 Å². The van der Waals surface area contributed by atoms with Crippen LogP contribution in [0.4, 0.5) is 0 Å². The Labute approximate surface area is 142 Å². The molecule has 0 fully saturated rings. The van der Waals surface area contributed by atoms with E-state index in [0.717, 1.165) is 27.5 Å². The number of aryl methyl sites for hydroxylation is 1. The predicted molar refractivity (Wildman–Crippen MR) is 90.0 cm³/mol. The van der Waals surface area contributed by atoms with Gasteiger partial charge < -0.3 is 4.52 Å². The average molecular weight is 369 g/mol. The zero-order valence-corrected chi connectivity index (χ0v) is 14.5. The van der Waals surface area contributed by atoms with E-state index in [0.29, 0.717) is 10.8 Å². The smallest absolute Gasteiger partial charge is 0.250 e. The van der Waals surface area contributed by atoms with Crippen molar-refractivity contribution in [2.75, 3.05) is 0 Å². The SMILES string of the molecule is Cc1cc(-c2ccc(S(=O)(=O)NCc3ccc(Cl)cc3)s2)on1. The van der Waals surface area contributed by atoms with Crippen molar-refractivity contribution in [3.63, 3.8) is 0 Å². The van der Waals surface area contributed by atoms with Crippen molar-refractivity contribution in [1.29, 1.82) is 0 Å². The third-order valence-corrected chi connectivity index (χ3v) is 6.34. The van der Waals surface area contributed by atoms with Crippen molar-refractivity contribution in [1.82, 2.24) is 9.88 Å². The van der Waals surface area contributed by atoms with Crippen LogP contribution in [0.1, 0.15) is 11.3 Å². The lowest BCUT2D eigenvalue weighted by atomic mass is 10.2. The summed E-state index contributed by atoms with van der Waals surface area (Å²) in [4.78, 5) is 0.720. The average Bonchev–Trinajstić information content (AvgIpc) is 3.16. The van der Waals surface area contributed by atoms with Gasteiger partial charge in [0.05, 0.1) is 10.6 Å². The summed E-state index contributed by atoms with van der Waals surface area (Å²) in [7, 11) is -3.58. The van der Waals surface area contributed by atoms with Gasteiger partial charge in [0, 0.05) is 17.6 Å². The highest BCUT2D eigenvalue weighted by molar-refractivity contribution is 7.91. The van der Waals surface area contributed by atoms with Crippen LogP contribution in [0, 0.1) is 6.92 Å². The Morgan fingerprint density at radius 1 is 1.22 bits per heavy atom. The van der Waals surface area contributed by atoms with Crippen molar-refractivity contribution in [2.45, 2.75) is 17.7 Å². The molecule has 1 N–H and O–H groups in total. The van der Waals surface area contributed by atoms with Crippen LogP contribution in [0.15, 0.2) is 51.2 Å². The fourth-order valence-corrected chi connectivity index (χ4v) is 4.37. The number of nitrogens with one attached hydrogen (secondary N) is 1. The Bertz CT molecular complexity index is 914. The van der Waals surface area contributed by atoms with Crippen LogP contribution in [0.2, 0.25) is 5.02 Å². The molecule has 5 nitrogen and oxygen atoms in total. The largest absolute Gasteiger partial charge is 0.355 e. The lowest BCUT2D eigenvalue weighted by molar-refractivity contribution is 0.428. The number of hydrogen-bond donors (Lipinski definition) is 1. The number of halogens is 1. The molecule has 120 valence electrons. The zero-order chi connectivity index (χ0) is 16.4. The molecule has 0 radical (unpaired) electrons. The van der Waals surface area contributed by atoms with E-state index in [1.54, 1.807) is 42.5 Å². The molecule has 8 heteroatoms. The summed E-state index contributed by atoms with van der Waals surface area (Å²) in [5, 5.41) is 4.42. The minimum absolute atomic E-state index is 0.203. The second-order valence-electron chi connectivity index (χ2n) is 4.90. The monoisotopic (exact) mass is 368 g/mol.